The lowest BCUT2D eigenvalue weighted by Gasteiger charge is -2.25. The summed E-state index contributed by atoms with van der Waals surface area (Å²) in [5.41, 5.74) is 6.87. The summed E-state index contributed by atoms with van der Waals surface area (Å²) in [5, 5.41) is 0. The molecule has 1 aromatic carbocycles. The summed E-state index contributed by atoms with van der Waals surface area (Å²) >= 11 is 0. The zero-order valence-corrected chi connectivity index (χ0v) is 13.6. The second kappa shape index (κ2) is 8.25. The molecule has 0 bridgehead atoms. The highest BCUT2D eigenvalue weighted by molar-refractivity contribution is 5.85. The first kappa shape index (κ1) is 17.8. The molecule has 118 valence electrons. The summed E-state index contributed by atoms with van der Waals surface area (Å²) in [6.45, 7) is 3.50. The number of halogens is 1. The number of hydrogen-bond donors (Lipinski definition) is 1. The number of amides is 1. The van der Waals surface area contributed by atoms with Gasteiger partial charge in [0.25, 0.3) is 0 Å². The van der Waals surface area contributed by atoms with E-state index in [4.69, 9.17) is 10.5 Å². The van der Waals surface area contributed by atoms with Crippen molar-refractivity contribution < 1.29 is 9.53 Å². The van der Waals surface area contributed by atoms with E-state index < -0.39 is 0 Å². The largest absolute Gasteiger partial charge is 0.497 e. The topological polar surface area (TPSA) is 55.6 Å². The number of benzene rings is 1. The van der Waals surface area contributed by atoms with Gasteiger partial charge in [-0.05, 0) is 36.5 Å². The third kappa shape index (κ3) is 4.35. The van der Waals surface area contributed by atoms with Gasteiger partial charge < -0.3 is 15.4 Å². The smallest absolute Gasteiger partial charge is 0.223 e. The second-order valence-electron chi connectivity index (χ2n) is 5.50. The Morgan fingerprint density at radius 3 is 2.95 bits per heavy atom. The van der Waals surface area contributed by atoms with E-state index in [1.54, 1.807) is 7.11 Å². The summed E-state index contributed by atoms with van der Waals surface area (Å²) in [7, 11) is 1.66. The maximum atomic E-state index is 12.4. The Kier molecular flexibility index (Phi) is 6.99. The van der Waals surface area contributed by atoms with Crippen LogP contribution in [-0.4, -0.2) is 37.0 Å². The minimum absolute atomic E-state index is 0. The lowest BCUT2D eigenvalue weighted by atomic mass is 9.97. The molecule has 21 heavy (non-hydrogen) atoms. The molecule has 1 heterocycles. The second-order valence-corrected chi connectivity index (χ2v) is 5.50. The number of hydrogen-bond acceptors (Lipinski definition) is 3. The van der Waals surface area contributed by atoms with Gasteiger partial charge in [-0.3, -0.25) is 4.79 Å². The molecule has 5 heteroatoms. The van der Waals surface area contributed by atoms with E-state index in [0.29, 0.717) is 13.0 Å². The lowest BCUT2D eigenvalue weighted by Crippen LogP contribution is -2.40. The average Bonchev–Trinajstić information content (AvgIpc) is 2.95. The number of ether oxygens (including phenoxy) is 1. The van der Waals surface area contributed by atoms with E-state index >= 15 is 0 Å². The van der Waals surface area contributed by atoms with Gasteiger partial charge in [0.15, 0.2) is 0 Å². The molecular weight excluding hydrogens is 288 g/mol. The Balaban J connectivity index is 0.00000220. The van der Waals surface area contributed by atoms with Crippen molar-refractivity contribution in [3.8, 4) is 5.75 Å². The van der Waals surface area contributed by atoms with Gasteiger partial charge in [-0.1, -0.05) is 19.1 Å². The number of nitrogens with two attached hydrogens (primary N) is 1. The number of carbonyl (C=O) groups is 1. The summed E-state index contributed by atoms with van der Waals surface area (Å²) in [6, 6.07) is 8.17. The van der Waals surface area contributed by atoms with Crippen LogP contribution in [0.25, 0.3) is 0 Å². The molecular formula is C16H25ClN2O2. The minimum Gasteiger partial charge on any atom is -0.497 e. The Morgan fingerprint density at radius 2 is 2.29 bits per heavy atom. The molecule has 2 unspecified atom stereocenters. The van der Waals surface area contributed by atoms with Crippen molar-refractivity contribution in [1.29, 1.82) is 0 Å². The zero-order valence-electron chi connectivity index (χ0n) is 12.7. The van der Waals surface area contributed by atoms with E-state index in [9.17, 15) is 4.79 Å². The highest BCUT2D eigenvalue weighted by atomic mass is 35.5. The fraction of sp³-hybridized carbons (Fsp3) is 0.562. The molecule has 1 saturated heterocycles. The third-order valence-corrected chi connectivity index (χ3v) is 4.11. The molecule has 0 spiro atoms. The first-order chi connectivity index (χ1) is 9.65. The van der Waals surface area contributed by atoms with Crippen LogP contribution in [0.5, 0.6) is 5.75 Å². The van der Waals surface area contributed by atoms with Gasteiger partial charge in [-0.25, -0.2) is 0 Å². The van der Waals surface area contributed by atoms with Crippen molar-refractivity contribution in [3.63, 3.8) is 0 Å². The van der Waals surface area contributed by atoms with Gasteiger partial charge in [0.1, 0.15) is 5.75 Å². The molecule has 2 rings (SSSR count). The number of rotatable bonds is 5. The molecule has 1 aliphatic heterocycles. The van der Waals surface area contributed by atoms with Crippen LogP contribution in [0.15, 0.2) is 24.3 Å². The minimum atomic E-state index is 0. The van der Waals surface area contributed by atoms with Gasteiger partial charge in [-0.15, -0.1) is 12.4 Å². The Labute approximate surface area is 133 Å². The standard InChI is InChI=1S/C16H24N2O2.ClH/c1-12(13-5-3-7-15(10-13)20-2)9-16(19)18-8-4-6-14(18)11-17;/h3,5,7,10,12,14H,4,6,8-9,11,17H2,1-2H3;1H. The Hall–Kier alpha value is -1.26. The predicted molar refractivity (Wildman–Crippen MR) is 87.1 cm³/mol. The van der Waals surface area contributed by atoms with Crippen LogP contribution in [0.1, 0.15) is 37.7 Å². The molecule has 2 N–H and O–H groups in total. The van der Waals surface area contributed by atoms with Crippen molar-refractivity contribution in [3.05, 3.63) is 29.8 Å². The number of nitrogens with zero attached hydrogens (tertiary/aromatic N) is 1. The van der Waals surface area contributed by atoms with Crippen molar-refractivity contribution in [2.75, 3.05) is 20.2 Å². The number of methoxy groups -OCH3 is 1. The van der Waals surface area contributed by atoms with E-state index in [0.717, 1.165) is 30.7 Å². The molecule has 1 aliphatic rings. The Morgan fingerprint density at radius 1 is 1.52 bits per heavy atom. The predicted octanol–water partition coefficient (Wildman–Crippen LogP) is 2.56. The fourth-order valence-electron chi connectivity index (χ4n) is 2.85. The van der Waals surface area contributed by atoms with Crippen molar-refractivity contribution in [2.45, 2.75) is 38.1 Å². The summed E-state index contributed by atoms with van der Waals surface area (Å²) in [5.74, 6) is 1.24. The molecule has 4 nitrogen and oxygen atoms in total. The van der Waals surface area contributed by atoms with Gasteiger partial charge in [0, 0.05) is 25.6 Å². The molecule has 1 fully saturated rings. The molecule has 2 atom stereocenters. The SMILES string of the molecule is COc1cccc(C(C)CC(=O)N2CCCC2CN)c1.Cl. The van der Waals surface area contributed by atoms with Crippen molar-refractivity contribution in [2.24, 2.45) is 5.73 Å². The van der Waals surface area contributed by atoms with Crippen LogP contribution in [-0.2, 0) is 4.79 Å². The third-order valence-electron chi connectivity index (χ3n) is 4.11. The maximum Gasteiger partial charge on any atom is 0.223 e. The van der Waals surface area contributed by atoms with E-state index in [1.807, 2.05) is 29.2 Å². The van der Waals surface area contributed by atoms with Gasteiger partial charge in [0.05, 0.1) is 7.11 Å². The van der Waals surface area contributed by atoms with Gasteiger partial charge in [0.2, 0.25) is 5.91 Å². The first-order valence-corrected chi connectivity index (χ1v) is 7.29. The van der Waals surface area contributed by atoms with Gasteiger partial charge >= 0.3 is 0 Å². The van der Waals surface area contributed by atoms with Crippen LogP contribution in [0.4, 0.5) is 0 Å². The van der Waals surface area contributed by atoms with Crippen LogP contribution < -0.4 is 10.5 Å². The molecule has 1 aromatic rings. The molecule has 0 radical (unpaired) electrons. The summed E-state index contributed by atoms with van der Waals surface area (Å²) in [6.07, 6.45) is 2.64. The molecule has 0 aliphatic carbocycles. The maximum absolute atomic E-state index is 12.4. The summed E-state index contributed by atoms with van der Waals surface area (Å²) in [4.78, 5) is 14.3. The summed E-state index contributed by atoms with van der Waals surface area (Å²) < 4.78 is 5.23. The van der Waals surface area contributed by atoms with Crippen LogP contribution in [0, 0.1) is 0 Å². The molecule has 1 amide bonds. The molecule has 0 aromatic heterocycles. The highest BCUT2D eigenvalue weighted by Gasteiger charge is 2.28. The van der Waals surface area contributed by atoms with Crippen molar-refractivity contribution >= 4 is 18.3 Å². The normalized spacial score (nSPS) is 19.0. The van der Waals surface area contributed by atoms with Gasteiger partial charge in [-0.2, -0.15) is 0 Å². The average molecular weight is 313 g/mol. The van der Waals surface area contributed by atoms with E-state index in [2.05, 4.69) is 6.92 Å². The lowest BCUT2D eigenvalue weighted by molar-refractivity contribution is -0.132. The Bertz CT molecular complexity index is 467. The first-order valence-electron chi connectivity index (χ1n) is 7.29. The monoisotopic (exact) mass is 312 g/mol. The number of carbonyl (C=O) groups excluding carboxylic acids is 1. The van der Waals surface area contributed by atoms with E-state index in [1.165, 1.54) is 0 Å². The van der Waals surface area contributed by atoms with E-state index in [-0.39, 0.29) is 30.3 Å². The highest BCUT2D eigenvalue weighted by Crippen LogP contribution is 2.26. The molecule has 0 saturated carbocycles. The van der Waals surface area contributed by atoms with Crippen LogP contribution in [0.3, 0.4) is 0 Å². The zero-order chi connectivity index (χ0) is 14.5. The number of likely N-dealkylation sites (tertiary alicyclic amines) is 1. The van der Waals surface area contributed by atoms with Crippen LogP contribution >= 0.6 is 12.4 Å². The van der Waals surface area contributed by atoms with Crippen molar-refractivity contribution in [1.82, 2.24) is 4.90 Å². The van der Waals surface area contributed by atoms with Crippen LogP contribution in [0.2, 0.25) is 0 Å². The fourth-order valence-corrected chi connectivity index (χ4v) is 2.85. The quantitative estimate of drug-likeness (QED) is 0.909.